The van der Waals surface area contributed by atoms with E-state index in [-0.39, 0.29) is 0 Å². The number of ether oxygens (including phenoxy) is 1. The Morgan fingerprint density at radius 3 is 2.47 bits per heavy atom. The molecule has 3 rings (SSSR count). The molecule has 1 aromatic rings. The third-order valence-corrected chi connectivity index (χ3v) is 4.09. The van der Waals surface area contributed by atoms with Gasteiger partial charge in [0.2, 0.25) is 0 Å². The molecular formula is C15H21NO. The summed E-state index contributed by atoms with van der Waals surface area (Å²) in [5.41, 5.74) is 3.10. The van der Waals surface area contributed by atoms with Gasteiger partial charge < -0.3 is 10.1 Å². The van der Waals surface area contributed by atoms with Crippen molar-refractivity contribution in [1.82, 2.24) is 5.32 Å². The second-order valence-corrected chi connectivity index (χ2v) is 5.16. The molecule has 1 N–H and O–H groups in total. The minimum atomic E-state index is 0.592. The van der Waals surface area contributed by atoms with Gasteiger partial charge in [0.25, 0.3) is 0 Å². The summed E-state index contributed by atoms with van der Waals surface area (Å²) in [6.45, 7) is 3.03. The van der Waals surface area contributed by atoms with Crippen LogP contribution in [0.25, 0.3) is 0 Å². The minimum Gasteiger partial charge on any atom is -0.381 e. The largest absolute Gasteiger partial charge is 0.381 e. The second kappa shape index (κ2) is 5.19. The first kappa shape index (κ1) is 11.2. The van der Waals surface area contributed by atoms with E-state index >= 15 is 0 Å². The molecule has 17 heavy (non-hydrogen) atoms. The molecule has 0 amide bonds. The maximum absolute atomic E-state index is 5.47. The number of benzene rings is 1. The topological polar surface area (TPSA) is 21.3 Å². The Balaban J connectivity index is 1.86. The number of nitrogens with one attached hydrogen (secondary N) is 1. The molecule has 0 aromatic heterocycles. The summed E-state index contributed by atoms with van der Waals surface area (Å²) in [4.78, 5) is 0. The fraction of sp³-hybridized carbons (Fsp3) is 0.600. The highest BCUT2D eigenvalue weighted by molar-refractivity contribution is 5.33. The summed E-state index contributed by atoms with van der Waals surface area (Å²) in [5, 5.41) is 3.62. The van der Waals surface area contributed by atoms with Crippen LogP contribution in [0.5, 0.6) is 0 Å². The van der Waals surface area contributed by atoms with Crippen molar-refractivity contribution in [3.8, 4) is 0 Å². The molecule has 2 heteroatoms. The molecule has 1 atom stereocenters. The van der Waals surface area contributed by atoms with Crippen LogP contribution in [0.3, 0.4) is 0 Å². The van der Waals surface area contributed by atoms with Crippen LogP contribution in [0.2, 0.25) is 0 Å². The first-order chi connectivity index (χ1) is 8.45. The third kappa shape index (κ3) is 2.38. The van der Waals surface area contributed by atoms with E-state index in [4.69, 9.17) is 4.74 Å². The van der Waals surface area contributed by atoms with Crippen LogP contribution >= 0.6 is 0 Å². The molecule has 0 radical (unpaired) electrons. The van der Waals surface area contributed by atoms with E-state index in [9.17, 15) is 0 Å². The van der Waals surface area contributed by atoms with E-state index in [1.165, 1.54) is 37.8 Å². The minimum absolute atomic E-state index is 0.592. The number of hydrogen-bond donors (Lipinski definition) is 1. The molecule has 92 valence electrons. The Bertz CT molecular complexity index is 365. The van der Waals surface area contributed by atoms with E-state index in [0.717, 1.165) is 13.2 Å². The van der Waals surface area contributed by atoms with Crippen LogP contribution in [0.4, 0.5) is 0 Å². The van der Waals surface area contributed by atoms with Crippen molar-refractivity contribution >= 4 is 0 Å². The summed E-state index contributed by atoms with van der Waals surface area (Å²) in [6, 6.07) is 9.59. The van der Waals surface area contributed by atoms with E-state index in [2.05, 4.69) is 29.6 Å². The normalized spacial score (nSPS) is 26.2. The Labute approximate surface area is 103 Å². The van der Waals surface area contributed by atoms with E-state index in [0.29, 0.717) is 12.0 Å². The van der Waals surface area contributed by atoms with Crippen molar-refractivity contribution in [3.05, 3.63) is 35.4 Å². The predicted octanol–water partition coefficient (Wildman–Crippen LogP) is 3.01. The standard InChI is InChI=1S/C15H21NO/c1-2-5-14(15-6-3-9-16-15)13(4-1)12-7-10-17-11-8-12/h1-2,4-5,12,15-16H,3,6-11H2. The molecule has 1 aromatic carbocycles. The molecule has 2 nitrogen and oxygen atoms in total. The van der Waals surface area contributed by atoms with Gasteiger partial charge in [-0.25, -0.2) is 0 Å². The first-order valence-electron chi connectivity index (χ1n) is 6.85. The summed E-state index contributed by atoms with van der Waals surface area (Å²) in [5.74, 6) is 0.711. The van der Waals surface area contributed by atoms with Gasteiger partial charge in [0.15, 0.2) is 0 Å². The molecule has 2 saturated heterocycles. The van der Waals surface area contributed by atoms with Crippen molar-refractivity contribution in [2.45, 2.75) is 37.6 Å². The summed E-state index contributed by atoms with van der Waals surface area (Å²) in [7, 11) is 0. The lowest BCUT2D eigenvalue weighted by atomic mass is 9.85. The molecule has 0 spiro atoms. The number of rotatable bonds is 2. The van der Waals surface area contributed by atoms with Crippen LogP contribution in [0.15, 0.2) is 24.3 Å². The van der Waals surface area contributed by atoms with Gasteiger partial charge in [0.1, 0.15) is 0 Å². The summed E-state index contributed by atoms with van der Waals surface area (Å²) >= 11 is 0. The first-order valence-corrected chi connectivity index (χ1v) is 6.85. The zero-order valence-electron chi connectivity index (χ0n) is 10.3. The van der Waals surface area contributed by atoms with Gasteiger partial charge in [0, 0.05) is 19.3 Å². The Hall–Kier alpha value is -0.860. The van der Waals surface area contributed by atoms with Gasteiger partial charge in [-0.1, -0.05) is 24.3 Å². The molecule has 2 heterocycles. The summed E-state index contributed by atoms with van der Waals surface area (Å²) in [6.07, 6.45) is 4.97. The highest BCUT2D eigenvalue weighted by Gasteiger charge is 2.23. The highest BCUT2D eigenvalue weighted by atomic mass is 16.5. The van der Waals surface area contributed by atoms with Crippen molar-refractivity contribution < 1.29 is 4.74 Å². The van der Waals surface area contributed by atoms with Crippen LogP contribution < -0.4 is 5.32 Å². The lowest BCUT2D eigenvalue weighted by Crippen LogP contribution is -2.19. The van der Waals surface area contributed by atoms with Gasteiger partial charge in [-0.2, -0.15) is 0 Å². The van der Waals surface area contributed by atoms with Crippen molar-refractivity contribution in [3.63, 3.8) is 0 Å². The van der Waals surface area contributed by atoms with Crippen LogP contribution in [-0.2, 0) is 4.74 Å². The van der Waals surface area contributed by atoms with Gasteiger partial charge in [0.05, 0.1) is 0 Å². The summed E-state index contributed by atoms with van der Waals surface area (Å²) < 4.78 is 5.47. The lowest BCUT2D eigenvalue weighted by Gasteiger charge is -2.26. The zero-order chi connectivity index (χ0) is 11.5. The monoisotopic (exact) mass is 231 g/mol. The third-order valence-electron chi connectivity index (χ3n) is 4.09. The molecule has 2 aliphatic rings. The molecular weight excluding hydrogens is 210 g/mol. The average Bonchev–Trinajstić information content (AvgIpc) is 2.94. The Kier molecular flexibility index (Phi) is 3.44. The molecule has 0 aliphatic carbocycles. The smallest absolute Gasteiger partial charge is 0.0471 e. The SMILES string of the molecule is c1ccc(C2CCCN2)c(C2CCOCC2)c1. The maximum Gasteiger partial charge on any atom is 0.0471 e. The Morgan fingerprint density at radius 1 is 1.00 bits per heavy atom. The fourth-order valence-corrected chi connectivity index (χ4v) is 3.16. The fourth-order valence-electron chi connectivity index (χ4n) is 3.16. The number of hydrogen-bond acceptors (Lipinski definition) is 2. The predicted molar refractivity (Wildman–Crippen MR) is 69.2 cm³/mol. The lowest BCUT2D eigenvalue weighted by molar-refractivity contribution is 0.0851. The van der Waals surface area contributed by atoms with Crippen LogP contribution in [0, 0.1) is 0 Å². The van der Waals surface area contributed by atoms with Gasteiger partial charge >= 0.3 is 0 Å². The van der Waals surface area contributed by atoms with Crippen molar-refractivity contribution in [1.29, 1.82) is 0 Å². The van der Waals surface area contributed by atoms with Crippen molar-refractivity contribution in [2.75, 3.05) is 19.8 Å². The quantitative estimate of drug-likeness (QED) is 0.845. The van der Waals surface area contributed by atoms with Crippen molar-refractivity contribution in [2.24, 2.45) is 0 Å². The van der Waals surface area contributed by atoms with Gasteiger partial charge in [-0.05, 0) is 49.3 Å². The average molecular weight is 231 g/mol. The van der Waals surface area contributed by atoms with E-state index < -0.39 is 0 Å². The van der Waals surface area contributed by atoms with E-state index in [1.54, 1.807) is 5.56 Å². The zero-order valence-corrected chi connectivity index (χ0v) is 10.3. The van der Waals surface area contributed by atoms with Crippen LogP contribution in [-0.4, -0.2) is 19.8 Å². The maximum atomic E-state index is 5.47. The molecule has 0 saturated carbocycles. The van der Waals surface area contributed by atoms with Gasteiger partial charge in [-0.15, -0.1) is 0 Å². The van der Waals surface area contributed by atoms with Crippen LogP contribution in [0.1, 0.15) is 48.8 Å². The molecule has 2 aliphatic heterocycles. The molecule has 0 bridgehead atoms. The molecule has 1 unspecified atom stereocenters. The van der Waals surface area contributed by atoms with E-state index in [1.807, 2.05) is 0 Å². The second-order valence-electron chi connectivity index (χ2n) is 5.16. The highest BCUT2D eigenvalue weighted by Crippen LogP contribution is 2.34. The molecule has 2 fully saturated rings. The van der Waals surface area contributed by atoms with Gasteiger partial charge in [-0.3, -0.25) is 0 Å². The Morgan fingerprint density at radius 2 is 1.76 bits per heavy atom.